The van der Waals surface area contributed by atoms with Crippen molar-refractivity contribution in [2.45, 2.75) is 45.1 Å². The van der Waals surface area contributed by atoms with Gasteiger partial charge in [-0.05, 0) is 68.0 Å². The molecule has 0 saturated carbocycles. The molecule has 152 valence electrons. The maximum Gasteiger partial charge on any atom is 0.220 e. The summed E-state index contributed by atoms with van der Waals surface area (Å²) >= 11 is 0. The van der Waals surface area contributed by atoms with E-state index in [1.54, 1.807) is 14.2 Å². The van der Waals surface area contributed by atoms with Crippen LogP contribution in [-0.4, -0.2) is 31.2 Å². The van der Waals surface area contributed by atoms with Crippen LogP contribution in [0.2, 0.25) is 0 Å². The van der Waals surface area contributed by atoms with Crippen molar-refractivity contribution in [3.8, 4) is 11.5 Å². The van der Waals surface area contributed by atoms with E-state index in [9.17, 15) is 4.79 Å². The van der Waals surface area contributed by atoms with Gasteiger partial charge in [-0.1, -0.05) is 17.7 Å². The molecule has 5 heteroatoms. The van der Waals surface area contributed by atoms with Crippen molar-refractivity contribution in [3.63, 3.8) is 0 Å². The smallest absolute Gasteiger partial charge is 0.220 e. The first-order chi connectivity index (χ1) is 14.1. The highest BCUT2D eigenvalue weighted by atomic mass is 16.5. The predicted molar refractivity (Wildman–Crippen MR) is 115 cm³/mol. The molecule has 5 nitrogen and oxygen atoms in total. The van der Waals surface area contributed by atoms with Gasteiger partial charge < -0.3 is 19.8 Å². The van der Waals surface area contributed by atoms with Crippen LogP contribution in [0.4, 0.5) is 0 Å². The average Bonchev–Trinajstić information content (AvgIpc) is 3.09. The summed E-state index contributed by atoms with van der Waals surface area (Å²) in [5, 5.41) is 4.54. The number of hydrogen-bond donors (Lipinski definition) is 2. The summed E-state index contributed by atoms with van der Waals surface area (Å²) in [7, 11) is 3.24. The summed E-state index contributed by atoms with van der Waals surface area (Å²) in [5.74, 6) is 1.50. The summed E-state index contributed by atoms with van der Waals surface area (Å²) < 4.78 is 10.6. The third-order valence-electron chi connectivity index (χ3n) is 5.80. The monoisotopic (exact) mass is 392 g/mol. The van der Waals surface area contributed by atoms with E-state index in [0.29, 0.717) is 24.3 Å². The molecule has 1 atom stereocenters. The SMILES string of the molecule is COc1ccc(CCC(=O)NC2CCc3[nH]c4ccc(C)cc4c3C2)cc1OC. The molecule has 1 heterocycles. The fourth-order valence-corrected chi connectivity index (χ4v) is 4.25. The van der Waals surface area contributed by atoms with Gasteiger partial charge in [-0.3, -0.25) is 4.79 Å². The van der Waals surface area contributed by atoms with E-state index in [0.717, 1.165) is 24.8 Å². The van der Waals surface area contributed by atoms with Gasteiger partial charge in [0.1, 0.15) is 0 Å². The van der Waals surface area contributed by atoms with Gasteiger partial charge in [-0.2, -0.15) is 0 Å². The number of rotatable bonds is 6. The third-order valence-corrected chi connectivity index (χ3v) is 5.80. The number of aryl methyl sites for hydroxylation is 3. The predicted octanol–water partition coefficient (Wildman–Crippen LogP) is 4.10. The number of benzene rings is 2. The highest BCUT2D eigenvalue weighted by Gasteiger charge is 2.23. The van der Waals surface area contributed by atoms with E-state index in [1.165, 1.54) is 27.7 Å². The normalized spacial score (nSPS) is 15.8. The average molecular weight is 392 g/mol. The standard InChI is InChI=1S/C24H28N2O3/c1-15-4-8-20-18(12-15)19-14-17(7-9-21(19)26-20)25-24(27)11-6-16-5-10-22(28-2)23(13-16)29-3/h4-5,8,10,12-13,17,26H,6-7,9,11,14H2,1-3H3,(H,25,27). The Morgan fingerprint density at radius 3 is 2.76 bits per heavy atom. The maximum absolute atomic E-state index is 12.6. The number of aromatic nitrogens is 1. The van der Waals surface area contributed by atoms with Crippen LogP contribution in [0.25, 0.3) is 10.9 Å². The van der Waals surface area contributed by atoms with Crippen molar-refractivity contribution in [3.05, 3.63) is 58.8 Å². The zero-order chi connectivity index (χ0) is 20.4. The van der Waals surface area contributed by atoms with E-state index in [2.05, 4.69) is 35.4 Å². The molecule has 1 amide bonds. The number of amides is 1. The Bertz CT molecular complexity index is 1040. The largest absolute Gasteiger partial charge is 0.493 e. The number of fused-ring (bicyclic) bond motifs is 3. The number of carbonyl (C=O) groups is 1. The van der Waals surface area contributed by atoms with Crippen molar-refractivity contribution < 1.29 is 14.3 Å². The van der Waals surface area contributed by atoms with Gasteiger partial charge in [0.05, 0.1) is 14.2 Å². The number of aromatic amines is 1. The highest BCUT2D eigenvalue weighted by molar-refractivity contribution is 5.86. The quantitative estimate of drug-likeness (QED) is 0.664. The number of ether oxygens (including phenoxy) is 2. The molecule has 4 rings (SSSR count). The van der Waals surface area contributed by atoms with E-state index in [4.69, 9.17) is 9.47 Å². The van der Waals surface area contributed by atoms with Crippen LogP contribution in [0.15, 0.2) is 36.4 Å². The summed E-state index contributed by atoms with van der Waals surface area (Å²) in [4.78, 5) is 16.1. The second kappa shape index (κ2) is 8.19. The summed E-state index contributed by atoms with van der Waals surface area (Å²) in [6, 6.07) is 12.5. The Hall–Kier alpha value is -2.95. The third kappa shape index (κ3) is 4.09. The molecular formula is C24H28N2O3. The first kappa shape index (κ1) is 19.4. The summed E-state index contributed by atoms with van der Waals surface area (Å²) in [5.41, 5.74) is 6.21. The van der Waals surface area contributed by atoms with Crippen molar-refractivity contribution in [1.82, 2.24) is 10.3 Å². The van der Waals surface area contributed by atoms with Crippen LogP contribution in [0, 0.1) is 6.92 Å². The zero-order valence-electron chi connectivity index (χ0n) is 17.3. The molecule has 0 spiro atoms. The molecule has 0 fully saturated rings. The fraction of sp³-hybridized carbons (Fsp3) is 0.375. The maximum atomic E-state index is 12.6. The van der Waals surface area contributed by atoms with Gasteiger partial charge in [-0.15, -0.1) is 0 Å². The molecule has 1 unspecified atom stereocenters. The molecule has 1 aliphatic carbocycles. The number of methoxy groups -OCH3 is 2. The first-order valence-electron chi connectivity index (χ1n) is 10.2. The number of H-pyrrole nitrogens is 1. The molecule has 2 N–H and O–H groups in total. The molecule has 0 radical (unpaired) electrons. The molecule has 1 aliphatic rings. The Labute approximate surface area is 171 Å². The van der Waals surface area contributed by atoms with Crippen molar-refractivity contribution >= 4 is 16.8 Å². The van der Waals surface area contributed by atoms with Crippen LogP contribution in [-0.2, 0) is 24.1 Å². The molecule has 29 heavy (non-hydrogen) atoms. The molecule has 0 saturated heterocycles. The second-order valence-electron chi connectivity index (χ2n) is 7.83. The molecule has 3 aromatic rings. The van der Waals surface area contributed by atoms with Crippen LogP contribution in [0.3, 0.4) is 0 Å². The van der Waals surface area contributed by atoms with Crippen LogP contribution in [0.1, 0.15) is 35.2 Å². The molecular weight excluding hydrogens is 364 g/mol. The van der Waals surface area contributed by atoms with Gasteiger partial charge in [0.2, 0.25) is 5.91 Å². The van der Waals surface area contributed by atoms with Crippen LogP contribution < -0.4 is 14.8 Å². The van der Waals surface area contributed by atoms with E-state index in [-0.39, 0.29) is 11.9 Å². The summed E-state index contributed by atoms with van der Waals surface area (Å²) in [6.45, 7) is 2.12. The van der Waals surface area contributed by atoms with Gasteiger partial charge >= 0.3 is 0 Å². The van der Waals surface area contributed by atoms with Crippen LogP contribution in [0.5, 0.6) is 11.5 Å². The Kier molecular flexibility index (Phi) is 5.47. The molecule has 0 bridgehead atoms. The lowest BCUT2D eigenvalue weighted by molar-refractivity contribution is -0.121. The topological polar surface area (TPSA) is 63.3 Å². The van der Waals surface area contributed by atoms with Gasteiger partial charge in [0, 0.05) is 29.1 Å². The fourth-order valence-electron chi connectivity index (χ4n) is 4.25. The number of carbonyl (C=O) groups excluding carboxylic acids is 1. The minimum absolute atomic E-state index is 0.101. The lowest BCUT2D eigenvalue weighted by Crippen LogP contribution is -2.38. The first-order valence-corrected chi connectivity index (χ1v) is 10.2. The van der Waals surface area contributed by atoms with E-state index < -0.39 is 0 Å². The van der Waals surface area contributed by atoms with E-state index in [1.807, 2.05) is 18.2 Å². The zero-order valence-corrected chi connectivity index (χ0v) is 17.3. The van der Waals surface area contributed by atoms with Gasteiger partial charge in [0.15, 0.2) is 11.5 Å². The number of hydrogen-bond acceptors (Lipinski definition) is 3. The van der Waals surface area contributed by atoms with E-state index >= 15 is 0 Å². The molecule has 1 aromatic heterocycles. The van der Waals surface area contributed by atoms with Gasteiger partial charge in [0.25, 0.3) is 0 Å². The van der Waals surface area contributed by atoms with Crippen molar-refractivity contribution in [2.75, 3.05) is 14.2 Å². The molecule has 0 aliphatic heterocycles. The Balaban J connectivity index is 1.37. The number of nitrogens with one attached hydrogen (secondary N) is 2. The van der Waals surface area contributed by atoms with Gasteiger partial charge in [-0.25, -0.2) is 0 Å². The highest BCUT2D eigenvalue weighted by Crippen LogP contribution is 2.30. The second-order valence-corrected chi connectivity index (χ2v) is 7.83. The minimum atomic E-state index is 0.101. The van der Waals surface area contributed by atoms with Crippen molar-refractivity contribution in [2.24, 2.45) is 0 Å². The lowest BCUT2D eigenvalue weighted by Gasteiger charge is -2.23. The van der Waals surface area contributed by atoms with Crippen molar-refractivity contribution in [1.29, 1.82) is 0 Å². The Morgan fingerprint density at radius 2 is 1.97 bits per heavy atom. The molecule has 2 aromatic carbocycles. The summed E-state index contributed by atoms with van der Waals surface area (Å²) in [6.07, 6.45) is 3.98. The Morgan fingerprint density at radius 1 is 1.14 bits per heavy atom. The minimum Gasteiger partial charge on any atom is -0.493 e. The van der Waals surface area contributed by atoms with Crippen LogP contribution >= 0.6 is 0 Å². The lowest BCUT2D eigenvalue weighted by atomic mass is 9.91.